The molecule has 0 saturated heterocycles. The van der Waals surface area contributed by atoms with Crippen LogP contribution in [0.5, 0.6) is 11.5 Å². The first kappa shape index (κ1) is 31.1. The number of aliphatic hydroxyl groups is 1. The van der Waals surface area contributed by atoms with Crippen molar-refractivity contribution >= 4 is 84.9 Å². The number of hydrogen-bond donors (Lipinski definition) is 1. The summed E-state index contributed by atoms with van der Waals surface area (Å²) in [5, 5.41) is 11.3. The molecule has 7 nitrogen and oxygen atoms in total. The Kier molecular flexibility index (Phi) is 10.9. The molecule has 0 saturated carbocycles. The van der Waals surface area contributed by atoms with Crippen LogP contribution in [0.15, 0.2) is 86.4 Å². The van der Waals surface area contributed by atoms with Crippen LogP contribution in [0.2, 0.25) is 5.02 Å². The second kappa shape index (κ2) is 14.4. The van der Waals surface area contributed by atoms with Crippen molar-refractivity contribution in [2.75, 3.05) is 13.2 Å². The maximum atomic E-state index is 12.9. The number of carbonyl (C=O) groups excluding carboxylic acids is 2. The fourth-order valence-corrected chi connectivity index (χ4v) is 6.02. The minimum atomic E-state index is -0.784. The van der Waals surface area contributed by atoms with Gasteiger partial charge in [0.2, 0.25) is 0 Å². The Labute approximate surface area is 268 Å². The summed E-state index contributed by atoms with van der Waals surface area (Å²) in [6.45, 7) is 4.38. The molecule has 1 aliphatic rings. The quantitative estimate of drug-likeness (QED) is 0.173. The van der Waals surface area contributed by atoms with Crippen molar-refractivity contribution in [2.24, 2.45) is 4.99 Å². The van der Waals surface area contributed by atoms with Gasteiger partial charge in [0.05, 0.1) is 32.3 Å². The van der Waals surface area contributed by atoms with E-state index in [0.29, 0.717) is 35.2 Å². The second-order valence-electron chi connectivity index (χ2n) is 8.43. The number of aliphatic hydroxyl groups excluding tert-OH is 1. The largest absolute Gasteiger partial charge is 0.506 e. The molecule has 4 rings (SSSR count). The highest BCUT2D eigenvalue weighted by Gasteiger charge is 2.34. The number of thioether (sulfide) groups is 1. The predicted molar refractivity (Wildman–Crippen MR) is 174 cm³/mol. The van der Waals surface area contributed by atoms with Crippen LogP contribution in [0, 0.1) is 3.57 Å². The topological polar surface area (TPSA) is 94.4 Å². The molecule has 0 aromatic heterocycles. The molecule has 212 valence electrons. The van der Waals surface area contributed by atoms with Gasteiger partial charge >= 0.3 is 5.97 Å². The number of hydrogen-bond acceptors (Lipinski definition) is 7. The van der Waals surface area contributed by atoms with Gasteiger partial charge in [-0.25, -0.2) is 9.79 Å². The van der Waals surface area contributed by atoms with Crippen molar-refractivity contribution in [1.82, 2.24) is 0 Å². The number of carbonyl (C=O) groups is 2. The van der Waals surface area contributed by atoms with Crippen LogP contribution in [0.3, 0.4) is 0 Å². The van der Waals surface area contributed by atoms with Crippen LogP contribution in [0.4, 0.5) is 0 Å². The lowest BCUT2D eigenvalue weighted by atomic mass is 10.1. The van der Waals surface area contributed by atoms with E-state index in [-0.39, 0.29) is 33.6 Å². The number of rotatable bonds is 9. The molecule has 0 aliphatic carbocycles. The summed E-state index contributed by atoms with van der Waals surface area (Å²) in [7, 11) is 0. The van der Waals surface area contributed by atoms with Crippen molar-refractivity contribution in [3.05, 3.63) is 107 Å². The maximum absolute atomic E-state index is 12.9. The molecule has 3 aromatic carbocycles. The van der Waals surface area contributed by atoms with Gasteiger partial charge in [0.1, 0.15) is 23.0 Å². The Bertz CT molecular complexity index is 1570. The van der Waals surface area contributed by atoms with Crippen molar-refractivity contribution < 1.29 is 28.9 Å². The predicted octanol–water partition coefficient (Wildman–Crippen LogP) is 8.39. The lowest BCUT2D eigenvalue weighted by molar-refractivity contribution is -0.138. The van der Waals surface area contributed by atoms with E-state index in [1.807, 2.05) is 37.3 Å². The van der Waals surface area contributed by atoms with Crippen LogP contribution in [-0.4, -0.2) is 35.2 Å². The molecule has 11 heteroatoms. The lowest BCUT2D eigenvalue weighted by Crippen LogP contribution is -2.14. The highest BCUT2D eigenvalue weighted by molar-refractivity contribution is 14.1. The third-order valence-corrected chi connectivity index (χ3v) is 8.28. The summed E-state index contributed by atoms with van der Waals surface area (Å²) < 4.78 is 18.9. The van der Waals surface area contributed by atoms with Gasteiger partial charge in [-0.05, 0) is 90.0 Å². The van der Waals surface area contributed by atoms with Crippen LogP contribution in [0.1, 0.15) is 35.3 Å². The van der Waals surface area contributed by atoms with Gasteiger partial charge in [-0.3, -0.25) is 4.79 Å². The van der Waals surface area contributed by atoms with E-state index in [0.717, 1.165) is 25.4 Å². The molecule has 3 aromatic rings. The normalized spacial score (nSPS) is 15.0. The van der Waals surface area contributed by atoms with E-state index in [2.05, 4.69) is 43.5 Å². The Morgan fingerprint density at radius 2 is 1.80 bits per heavy atom. The van der Waals surface area contributed by atoms with Gasteiger partial charge in [-0.2, -0.15) is 0 Å². The summed E-state index contributed by atoms with van der Waals surface area (Å²) in [6, 6.07) is 18.0. The maximum Gasteiger partial charge on any atom is 0.344 e. The summed E-state index contributed by atoms with van der Waals surface area (Å²) >= 11 is 12.8. The molecule has 0 unspecified atom stereocenters. The molecule has 0 fully saturated rings. The lowest BCUT2D eigenvalue weighted by Gasteiger charge is -2.15. The van der Waals surface area contributed by atoms with E-state index in [9.17, 15) is 14.7 Å². The molecular formula is C30H24BrClINO6S. The molecule has 0 radical (unpaired) electrons. The van der Waals surface area contributed by atoms with Crippen molar-refractivity contribution in [3.8, 4) is 11.5 Å². The number of benzene rings is 3. The van der Waals surface area contributed by atoms with Gasteiger partial charge in [0.15, 0.2) is 11.5 Å². The summed E-state index contributed by atoms with van der Waals surface area (Å²) in [5.74, 6) is -0.635. The first-order chi connectivity index (χ1) is 19.7. The third-order valence-electron chi connectivity index (χ3n) is 5.60. The molecule has 41 heavy (non-hydrogen) atoms. The third kappa shape index (κ3) is 7.73. The smallest absolute Gasteiger partial charge is 0.344 e. The zero-order valence-electron chi connectivity index (χ0n) is 21.9. The van der Waals surface area contributed by atoms with Gasteiger partial charge in [-0.1, -0.05) is 63.6 Å². The zero-order chi connectivity index (χ0) is 29.5. The van der Waals surface area contributed by atoms with Crippen molar-refractivity contribution in [2.45, 2.75) is 20.5 Å². The average Bonchev–Trinajstić information content (AvgIpc) is 3.23. The van der Waals surface area contributed by atoms with Crippen LogP contribution in [0.25, 0.3) is 6.08 Å². The van der Waals surface area contributed by atoms with Crippen molar-refractivity contribution in [1.29, 1.82) is 0 Å². The minimum Gasteiger partial charge on any atom is -0.506 e. The van der Waals surface area contributed by atoms with Crippen molar-refractivity contribution in [3.63, 3.8) is 0 Å². The van der Waals surface area contributed by atoms with Crippen LogP contribution in [-0.2, 0) is 16.1 Å². The zero-order valence-corrected chi connectivity index (χ0v) is 27.3. The Balaban J connectivity index is 1.68. The molecule has 1 amide bonds. The molecule has 1 N–H and O–H groups in total. The van der Waals surface area contributed by atoms with Crippen LogP contribution < -0.4 is 9.47 Å². The Morgan fingerprint density at radius 3 is 2.49 bits per heavy atom. The Hall–Kier alpha value is -2.80. The molecule has 1 aliphatic heterocycles. The number of ether oxygens (including phenoxy) is 3. The summed E-state index contributed by atoms with van der Waals surface area (Å²) in [5.41, 5.74) is 1.68. The highest BCUT2D eigenvalue weighted by atomic mass is 127. The summed E-state index contributed by atoms with van der Waals surface area (Å²) in [4.78, 5) is 30.1. The number of nitrogens with zero attached hydrogens (tertiary/aromatic N) is 1. The number of halogens is 3. The molecular weight excluding hydrogens is 745 g/mol. The van der Waals surface area contributed by atoms with E-state index in [4.69, 9.17) is 25.8 Å². The summed E-state index contributed by atoms with van der Waals surface area (Å²) in [6.07, 6.45) is 1.69. The first-order valence-corrected chi connectivity index (χ1v) is 15.5. The van der Waals surface area contributed by atoms with Crippen LogP contribution >= 0.6 is 61.9 Å². The van der Waals surface area contributed by atoms with Gasteiger partial charge in [-0.15, -0.1) is 0 Å². The average molecular weight is 769 g/mol. The van der Waals surface area contributed by atoms with E-state index in [1.54, 1.807) is 37.3 Å². The SMILES string of the molecule is CCOC(=O)C1=C(O)/C(=C/c2cc(I)c(OCc3ccc(Br)cc3)c(OCC)c2)SC1=NC(=O)c1ccccc1Cl. The van der Waals surface area contributed by atoms with Gasteiger partial charge in [0, 0.05) is 4.47 Å². The highest BCUT2D eigenvalue weighted by Crippen LogP contribution is 2.41. The van der Waals surface area contributed by atoms with Gasteiger partial charge in [0.25, 0.3) is 5.91 Å². The molecule has 0 spiro atoms. The fraction of sp³-hybridized carbons (Fsp3) is 0.167. The van der Waals surface area contributed by atoms with E-state index < -0.39 is 11.9 Å². The Morgan fingerprint density at radius 1 is 1.07 bits per heavy atom. The number of amides is 1. The molecule has 0 bridgehead atoms. The number of esters is 1. The minimum absolute atomic E-state index is 0.0197. The number of aliphatic imine (C=N–C) groups is 1. The van der Waals surface area contributed by atoms with Gasteiger partial charge < -0.3 is 19.3 Å². The standard InChI is InChI=1S/C30H24BrClINO6S/c1-3-38-23-14-18(13-22(33)27(23)40-16-17-9-11-19(31)12-10-17)15-24-26(35)25(30(37)39-4-2)29(41-24)34-28(36)20-7-5-6-8-21(20)32/h5-15,35H,3-4,16H2,1-2H3/b24-15-,34-29?. The monoisotopic (exact) mass is 767 g/mol. The second-order valence-corrected chi connectivity index (χ2v) is 12.0. The fourth-order valence-electron chi connectivity index (χ4n) is 3.74. The van der Waals surface area contributed by atoms with E-state index >= 15 is 0 Å². The molecule has 0 atom stereocenters. The first-order valence-electron chi connectivity index (χ1n) is 12.4. The molecule has 1 heterocycles. The van der Waals surface area contributed by atoms with E-state index in [1.165, 1.54) is 6.07 Å².